The van der Waals surface area contributed by atoms with Crippen molar-refractivity contribution in [3.63, 3.8) is 0 Å². The van der Waals surface area contributed by atoms with Crippen LogP contribution in [0.2, 0.25) is 5.15 Å². The summed E-state index contributed by atoms with van der Waals surface area (Å²) in [6, 6.07) is -0.480. The standard InChI is InChI=1S/C6H8ClN3O2S/c1-3(6(11)12-2)8-5-4(7)9-13-10-5/h3H,1-2H3,(H,8,10). The molecule has 1 heterocycles. The Morgan fingerprint density at radius 2 is 2.38 bits per heavy atom. The highest BCUT2D eigenvalue weighted by molar-refractivity contribution is 6.99. The smallest absolute Gasteiger partial charge is 0.328 e. The first kappa shape index (κ1) is 10.2. The average Bonchev–Trinajstić information content (AvgIpc) is 2.50. The Labute approximate surface area is 84.4 Å². The third-order valence-corrected chi connectivity index (χ3v) is 2.25. The average molecular weight is 222 g/mol. The second-order valence-electron chi connectivity index (χ2n) is 2.29. The molecule has 0 aliphatic heterocycles. The summed E-state index contributed by atoms with van der Waals surface area (Å²) in [5.74, 6) is 0.0358. The largest absolute Gasteiger partial charge is 0.467 e. The number of hydrogen-bond acceptors (Lipinski definition) is 6. The lowest BCUT2D eigenvalue weighted by Gasteiger charge is -2.09. The van der Waals surface area contributed by atoms with Crippen molar-refractivity contribution in [2.24, 2.45) is 0 Å². The maximum Gasteiger partial charge on any atom is 0.328 e. The van der Waals surface area contributed by atoms with Crippen molar-refractivity contribution >= 4 is 35.1 Å². The molecular weight excluding hydrogens is 214 g/mol. The molecule has 0 aliphatic carbocycles. The first-order chi connectivity index (χ1) is 6.15. The van der Waals surface area contributed by atoms with Crippen LogP contribution < -0.4 is 5.32 Å². The summed E-state index contributed by atoms with van der Waals surface area (Å²) in [4.78, 5) is 11.0. The van der Waals surface area contributed by atoms with Crippen molar-refractivity contribution in [1.82, 2.24) is 8.75 Å². The van der Waals surface area contributed by atoms with Gasteiger partial charge in [0.15, 0.2) is 11.0 Å². The molecule has 5 nitrogen and oxygen atoms in total. The highest BCUT2D eigenvalue weighted by Crippen LogP contribution is 2.18. The number of aromatic nitrogens is 2. The molecule has 7 heteroatoms. The lowest BCUT2D eigenvalue weighted by atomic mass is 10.3. The van der Waals surface area contributed by atoms with Crippen molar-refractivity contribution in [2.75, 3.05) is 12.4 Å². The minimum absolute atomic E-state index is 0.265. The molecule has 0 saturated heterocycles. The van der Waals surface area contributed by atoms with Crippen LogP contribution in [0, 0.1) is 0 Å². The molecule has 1 atom stereocenters. The first-order valence-corrected chi connectivity index (χ1v) is 4.58. The van der Waals surface area contributed by atoms with Crippen LogP contribution in [-0.4, -0.2) is 27.9 Å². The van der Waals surface area contributed by atoms with Crippen LogP contribution in [-0.2, 0) is 9.53 Å². The van der Waals surface area contributed by atoms with E-state index in [0.717, 1.165) is 11.7 Å². The van der Waals surface area contributed by atoms with E-state index in [4.69, 9.17) is 11.6 Å². The number of nitrogens with zero attached hydrogens (tertiary/aromatic N) is 2. The Kier molecular flexibility index (Phi) is 3.44. The molecule has 0 saturated carbocycles. The van der Waals surface area contributed by atoms with E-state index < -0.39 is 6.04 Å². The maximum atomic E-state index is 11.0. The fourth-order valence-corrected chi connectivity index (χ4v) is 1.36. The van der Waals surface area contributed by atoms with Crippen LogP contribution in [0.15, 0.2) is 0 Å². The van der Waals surface area contributed by atoms with Gasteiger partial charge in [0, 0.05) is 0 Å². The number of ether oxygens (including phenoxy) is 1. The molecule has 72 valence electrons. The normalized spacial score (nSPS) is 12.2. The van der Waals surface area contributed by atoms with E-state index in [1.54, 1.807) is 6.92 Å². The van der Waals surface area contributed by atoms with Crippen LogP contribution in [0.3, 0.4) is 0 Å². The minimum Gasteiger partial charge on any atom is -0.467 e. The zero-order valence-corrected chi connectivity index (χ0v) is 8.65. The molecular formula is C6H8ClN3O2S. The molecule has 1 unspecified atom stereocenters. The molecule has 0 spiro atoms. The lowest BCUT2D eigenvalue weighted by molar-refractivity contribution is -0.141. The van der Waals surface area contributed by atoms with Gasteiger partial charge in [-0.25, -0.2) is 4.79 Å². The molecule has 0 bridgehead atoms. The number of nitrogens with one attached hydrogen (secondary N) is 1. The number of halogens is 1. The van der Waals surface area contributed by atoms with Crippen molar-refractivity contribution in [3.05, 3.63) is 5.15 Å². The summed E-state index contributed by atoms with van der Waals surface area (Å²) in [6.07, 6.45) is 0. The molecule has 1 aromatic rings. The Morgan fingerprint density at radius 1 is 1.69 bits per heavy atom. The molecule has 1 rings (SSSR count). The van der Waals surface area contributed by atoms with Crippen LogP contribution in [0.4, 0.5) is 5.82 Å². The summed E-state index contributed by atoms with van der Waals surface area (Å²) in [7, 11) is 1.32. The van der Waals surface area contributed by atoms with Crippen LogP contribution in [0.5, 0.6) is 0 Å². The number of hydrogen-bond donors (Lipinski definition) is 1. The zero-order valence-electron chi connectivity index (χ0n) is 7.07. The Hall–Kier alpha value is -0.880. The molecule has 13 heavy (non-hydrogen) atoms. The first-order valence-electron chi connectivity index (χ1n) is 3.47. The van der Waals surface area contributed by atoms with Crippen LogP contribution in [0.25, 0.3) is 0 Å². The number of carbonyl (C=O) groups is 1. The van der Waals surface area contributed by atoms with Gasteiger partial charge in [0.1, 0.15) is 6.04 Å². The molecule has 0 aromatic carbocycles. The van der Waals surface area contributed by atoms with Gasteiger partial charge >= 0.3 is 5.97 Å². The summed E-state index contributed by atoms with van der Waals surface area (Å²) in [5.41, 5.74) is 0. The fourth-order valence-electron chi connectivity index (χ4n) is 0.705. The molecule has 0 amide bonds. The fraction of sp³-hybridized carbons (Fsp3) is 0.500. The van der Waals surface area contributed by atoms with Gasteiger partial charge in [-0.2, -0.15) is 8.75 Å². The van der Waals surface area contributed by atoms with E-state index in [0.29, 0.717) is 5.82 Å². The second kappa shape index (κ2) is 4.38. The van der Waals surface area contributed by atoms with E-state index in [-0.39, 0.29) is 11.1 Å². The van der Waals surface area contributed by atoms with E-state index in [9.17, 15) is 4.79 Å². The predicted molar refractivity (Wildman–Crippen MR) is 50.0 cm³/mol. The third-order valence-electron chi connectivity index (χ3n) is 1.36. The zero-order chi connectivity index (χ0) is 9.84. The number of rotatable bonds is 3. The SMILES string of the molecule is COC(=O)C(C)Nc1nsnc1Cl. The van der Waals surface area contributed by atoms with E-state index in [2.05, 4.69) is 18.8 Å². The van der Waals surface area contributed by atoms with Crippen molar-refractivity contribution < 1.29 is 9.53 Å². The quantitative estimate of drug-likeness (QED) is 0.777. The summed E-state index contributed by atoms with van der Waals surface area (Å²) in [5, 5.41) is 3.04. The van der Waals surface area contributed by atoms with Gasteiger partial charge in [-0.15, -0.1) is 0 Å². The monoisotopic (exact) mass is 221 g/mol. The van der Waals surface area contributed by atoms with Gasteiger partial charge in [0.05, 0.1) is 18.8 Å². The number of methoxy groups -OCH3 is 1. The molecule has 0 radical (unpaired) electrons. The lowest BCUT2D eigenvalue weighted by Crippen LogP contribution is -2.27. The number of anilines is 1. The highest BCUT2D eigenvalue weighted by atomic mass is 35.5. The Morgan fingerprint density at radius 3 is 2.85 bits per heavy atom. The summed E-state index contributed by atoms with van der Waals surface area (Å²) < 4.78 is 12.1. The molecule has 1 aromatic heterocycles. The van der Waals surface area contributed by atoms with Gasteiger partial charge in [-0.3, -0.25) is 0 Å². The highest BCUT2D eigenvalue weighted by Gasteiger charge is 2.15. The van der Waals surface area contributed by atoms with Gasteiger partial charge in [0.25, 0.3) is 0 Å². The maximum absolute atomic E-state index is 11.0. The van der Waals surface area contributed by atoms with Gasteiger partial charge in [-0.1, -0.05) is 11.6 Å². The molecule has 0 aliphatic rings. The van der Waals surface area contributed by atoms with E-state index in [1.165, 1.54) is 7.11 Å². The third kappa shape index (κ3) is 2.53. The van der Waals surface area contributed by atoms with Crippen LogP contribution in [0.1, 0.15) is 6.92 Å². The Bertz CT molecular complexity index is 304. The predicted octanol–water partition coefficient (Wildman–Crippen LogP) is 1.16. The van der Waals surface area contributed by atoms with E-state index >= 15 is 0 Å². The summed E-state index contributed by atoms with van der Waals surface area (Å²) >= 11 is 6.63. The number of carbonyl (C=O) groups excluding carboxylic acids is 1. The minimum atomic E-state index is -0.480. The molecule has 0 fully saturated rings. The van der Waals surface area contributed by atoms with Crippen LogP contribution >= 0.6 is 23.3 Å². The van der Waals surface area contributed by atoms with Gasteiger partial charge in [0.2, 0.25) is 0 Å². The topological polar surface area (TPSA) is 64.1 Å². The van der Waals surface area contributed by atoms with E-state index in [1.807, 2.05) is 0 Å². The van der Waals surface area contributed by atoms with Gasteiger partial charge in [-0.05, 0) is 6.92 Å². The van der Waals surface area contributed by atoms with Crippen molar-refractivity contribution in [2.45, 2.75) is 13.0 Å². The van der Waals surface area contributed by atoms with Gasteiger partial charge < -0.3 is 10.1 Å². The Balaban J connectivity index is 2.59. The van der Waals surface area contributed by atoms with Crippen molar-refractivity contribution in [3.8, 4) is 0 Å². The molecule has 1 N–H and O–H groups in total. The number of esters is 1. The second-order valence-corrected chi connectivity index (χ2v) is 3.18. The summed E-state index contributed by atoms with van der Waals surface area (Å²) in [6.45, 7) is 1.65. The van der Waals surface area contributed by atoms with Crippen molar-refractivity contribution in [1.29, 1.82) is 0 Å².